The predicted molar refractivity (Wildman–Crippen MR) is 85.7 cm³/mol. The Morgan fingerprint density at radius 1 is 1.32 bits per heavy atom. The van der Waals surface area contributed by atoms with Crippen molar-refractivity contribution in [1.82, 2.24) is 5.32 Å². The van der Waals surface area contributed by atoms with Crippen molar-refractivity contribution in [3.8, 4) is 6.07 Å². The van der Waals surface area contributed by atoms with E-state index in [2.05, 4.69) is 17.9 Å². The number of nitriles is 1. The third kappa shape index (κ3) is 2.47. The second kappa shape index (κ2) is 5.83. The van der Waals surface area contributed by atoms with E-state index in [4.69, 9.17) is 5.26 Å². The van der Waals surface area contributed by atoms with Crippen LogP contribution in [0.3, 0.4) is 0 Å². The smallest absolute Gasteiger partial charge is 0.266 e. The van der Waals surface area contributed by atoms with Crippen molar-refractivity contribution in [2.24, 2.45) is 0 Å². The van der Waals surface area contributed by atoms with Gasteiger partial charge >= 0.3 is 0 Å². The molecule has 0 saturated carbocycles. The van der Waals surface area contributed by atoms with Gasteiger partial charge in [0.25, 0.3) is 5.91 Å². The molecule has 7 heteroatoms. The fourth-order valence-corrected chi connectivity index (χ4v) is 3.37. The number of hydrogen-bond donors (Lipinski definition) is 2. The lowest BCUT2D eigenvalue weighted by atomic mass is 10.1. The van der Waals surface area contributed by atoms with Gasteiger partial charge in [-0.15, -0.1) is 24.0 Å². The van der Waals surface area contributed by atoms with Crippen LogP contribution in [0.15, 0.2) is 52.4 Å². The van der Waals surface area contributed by atoms with Gasteiger partial charge in [-0.25, -0.2) is 4.39 Å². The summed E-state index contributed by atoms with van der Waals surface area (Å²) in [7, 11) is 0. The topological polar surface area (TPSA) is 56.1 Å². The standard InChI is InChI=1S/C15H10FN3OS2/c16-9-3-5-10(6-4-9)19-13(12-2-1-7-22-12)18-14(20)11(8-17)15(19)21/h1-7,13,21H,(H,18,20)/t13-/m1/s1. The highest BCUT2D eigenvalue weighted by Gasteiger charge is 2.34. The molecule has 1 amide bonds. The summed E-state index contributed by atoms with van der Waals surface area (Å²) in [4.78, 5) is 14.6. The fraction of sp³-hybridized carbons (Fsp3) is 0.0667. The van der Waals surface area contributed by atoms with Crippen LogP contribution in [0, 0.1) is 17.1 Å². The molecule has 22 heavy (non-hydrogen) atoms. The summed E-state index contributed by atoms with van der Waals surface area (Å²) in [6.45, 7) is 0. The summed E-state index contributed by atoms with van der Waals surface area (Å²) in [5.74, 6) is -0.827. The van der Waals surface area contributed by atoms with Gasteiger partial charge in [-0.05, 0) is 35.7 Å². The number of thiol groups is 1. The van der Waals surface area contributed by atoms with Gasteiger partial charge in [0.05, 0.1) is 5.03 Å². The average molecular weight is 331 g/mol. The summed E-state index contributed by atoms with van der Waals surface area (Å²) < 4.78 is 13.2. The summed E-state index contributed by atoms with van der Waals surface area (Å²) in [5.41, 5.74) is 0.568. The van der Waals surface area contributed by atoms with E-state index in [1.54, 1.807) is 17.0 Å². The van der Waals surface area contributed by atoms with Crippen LogP contribution in [-0.4, -0.2) is 5.91 Å². The van der Waals surface area contributed by atoms with E-state index in [0.717, 1.165) is 4.88 Å². The lowest BCUT2D eigenvalue weighted by molar-refractivity contribution is -0.118. The summed E-state index contributed by atoms with van der Waals surface area (Å²) >= 11 is 5.83. The molecule has 2 heterocycles. The average Bonchev–Trinajstić information content (AvgIpc) is 3.03. The fourth-order valence-electron chi connectivity index (χ4n) is 2.22. The molecule has 0 fully saturated rings. The molecule has 1 aromatic heterocycles. The van der Waals surface area contributed by atoms with E-state index in [1.807, 2.05) is 23.6 Å². The molecule has 1 aliphatic rings. The molecule has 1 N–H and O–H groups in total. The van der Waals surface area contributed by atoms with E-state index in [-0.39, 0.29) is 16.4 Å². The minimum absolute atomic E-state index is 0.0690. The summed E-state index contributed by atoms with van der Waals surface area (Å²) in [5, 5.41) is 14.1. The molecule has 1 aliphatic heterocycles. The Morgan fingerprint density at radius 3 is 2.64 bits per heavy atom. The van der Waals surface area contributed by atoms with Gasteiger partial charge in [0, 0.05) is 10.6 Å². The number of hydrogen-bond acceptors (Lipinski definition) is 5. The first-order chi connectivity index (χ1) is 10.6. The Hall–Kier alpha value is -2.30. The van der Waals surface area contributed by atoms with Crippen molar-refractivity contribution in [2.45, 2.75) is 6.17 Å². The van der Waals surface area contributed by atoms with Crippen molar-refractivity contribution in [2.75, 3.05) is 4.90 Å². The first kappa shape index (κ1) is 14.6. The van der Waals surface area contributed by atoms with Crippen LogP contribution in [0.1, 0.15) is 11.0 Å². The van der Waals surface area contributed by atoms with Gasteiger partial charge in [0.1, 0.15) is 23.6 Å². The number of anilines is 1. The maximum Gasteiger partial charge on any atom is 0.266 e. The van der Waals surface area contributed by atoms with Gasteiger partial charge in [-0.2, -0.15) is 5.26 Å². The van der Waals surface area contributed by atoms with Crippen LogP contribution in [0.25, 0.3) is 0 Å². The molecular formula is C15H10FN3OS2. The van der Waals surface area contributed by atoms with Gasteiger partial charge in [0.15, 0.2) is 0 Å². The summed E-state index contributed by atoms with van der Waals surface area (Å²) in [6, 6.07) is 11.4. The third-order valence-corrected chi connectivity index (χ3v) is 4.60. The maximum absolute atomic E-state index is 13.2. The maximum atomic E-state index is 13.2. The van der Waals surface area contributed by atoms with Crippen molar-refractivity contribution in [3.05, 3.63) is 63.1 Å². The predicted octanol–water partition coefficient (Wildman–Crippen LogP) is 3.19. The highest BCUT2D eigenvalue weighted by atomic mass is 32.1. The van der Waals surface area contributed by atoms with Gasteiger partial charge in [0.2, 0.25) is 0 Å². The third-order valence-electron chi connectivity index (χ3n) is 3.23. The number of thiophene rings is 1. The van der Waals surface area contributed by atoms with E-state index in [0.29, 0.717) is 5.69 Å². The van der Waals surface area contributed by atoms with Crippen LogP contribution >= 0.6 is 24.0 Å². The number of carbonyl (C=O) groups is 1. The molecule has 0 radical (unpaired) electrons. The number of nitrogens with zero attached hydrogens (tertiary/aromatic N) is 2. The largest absolute Gasteiger partial charge is 0.326 e. The molecule has 2 aromatic rings. The lowest BCUT2D eigenvalue weighted by Crippen LogP contribution is -2.45. The van der Waals surface area contributed by atoms with Gasteiger partial charge in [-0.3, -0.25) is 4.79 Å². The molecule has 110 valence electrons. The van der Waals surface area contributed by atoms with Crippen molar-refractivity contribution in [3.63, 3.8) is 0 Å². The zero-order valence-electron chi connectivity index (χ0n) is 11.2. The highest BCUT2D eigenvalue weighted by Crippen LogP contribution is 2.36. The first-order valence-electron chi connectivity index (χ1n) is 6.34. The lowest BCUT2D eigenvalue weighted by Gasteiger charge is -2.37. The molecule has 0 aliphatic carbocycles. The number of halogens is 1. The molecule has 3 rings (SSSR count). The Balaban J connectivity index is 2.14. The number of nitrogens with one attached hydrogen (secondary N) is 1. The molecule has 0 saturated heterocycles. The SMILES string of the molecule is N#CC1=C(S)N(c2ccc(F)cc2)[C@H](c2cccs2)NC1=O. The number of rotatable bonds is 2. The van der Waals surface area contributed by atoms with E-state index in [9.17, 15) is 9.18 Å². The second-order valence-electron chi connectivity index (χ2n) is 4.55. The number of carbonyl (C=O) groups excluding carboxylic acids is 1. The minimum Gasteiger partial charge on any atom is -0.326 e. The zero-order chi connectivity index (χ0) is 15.7. The highest BCUT2D eigenvalue weighted by molar-refractivity contribution is 7.84. The van der Waals surface area contributed by atoms with Crippen molar-refractivity contribution < 1.29 is 9.18 Å². The Kier molecular flexibility index (Phi) is 3.88. The van der Waals surface area contributed by atoms with E-state index in [1.165, 1.54) is 23.5 Å². The Bertz CT molecular complexity index is 778. The number of benzene rings is 1. The summed E-state index contributed by atoms with van der Waals surface area (Å²) in [6.07, 6.45) is -0.484. The monoisotopic (exact) mass is 331 g/mol. The minimum atomic E-state index is -0.484. The first-order valence-corrected chi connectivity index (χ1v) is 7.67. The molecular weight excluding hydrogens is 321 g/mol. The van der Waals surface area contributed by atoms with Crippen LogP contribution in [-0.2, 0) is 4.79 Å². The van der Waals surface area contributed by atoms with Crippen LogP contribution in [0.2, 0.25) is 0 Å². The zero-order valence-corrected chi connectivity index (χ0v) is 12.9. The van der Waals surface area contributed by atoms with E-state index < -0.39 is 12.1 Å². The normalized spacial score (nSPS) is 18.1. The molecule has 0 bridgehead atoms. The Labute approximate surface area is 135 Å². The van der Waals surface area contributed by atoms with Crippen LogP contribution < -0.4 is 10.2 Å². The van der Waals surface area contributed by atoms with Gasteiger partial charge in [-0.1, -0.05) is 6.07 Å². The second-order valence-corrected chi connectivity index (χ2v) is 5.95. The van der Waals surface area contributed by atoms with Gasteiger partial charge < -0.3 is 10.2 Å². The molecule has 4 nitrogen and oxygen atoms in total. The molecule has 1 atom stereocenters. The molecule has 0 spiro atoms. The Morgan fingerprint density at radius 2 is 2.05 bits per heavy atom. The quantitative estimate of drug-likeness (QED) is 0.831. The van der Waals surface area contributed by atoms with E-state index >= 15 is 0 Å². The van der Waals surface area contributed by atoms with Crippen molar-refractivity contribution >= 4 is 35.6 Å². The molecule has 0 unspecified atom stereocenters. The van der Waals surface area contributed by atoms with Crippen molar-refractivity contribution in [1.29, 1.82) is 5.26 Å². The molecule has 1 aromatic carbocycles. The van der Waals surface area contributed by atoms with Crippen LogP contribution in [0.4, 0.5) is 10.1 Å². The van der Waals surface area contributed by atoms with Crippen LogP contribution in [0.5, 0.6) is 0 Å². The number of amides is 1.